The fraction of sp³-hybridized carbons (Fsp3) is 0.360. The van der Waals surface area contributed by atoms with E-state index in [1.165, 1.54) is 0 Å². The maximum Gasteiger partial charge on any atom is 0.287 e. The zero-order chi connectivity index (χ0) is 22.3. The highest BCUT2D eigenvalue weighted by Gasteiger charge is 2.26. The molecule has 0 bridgehead atoms. The number of hydrogen-bond donors (Lipinski definition) is 2. The monoisotopic (exact) mass is 405 g/mol. The van der Waals surface area contributed by atoms with Crippen molar-refractivity contribution in [2.75, 3.05) is 0 Å². The van der Waals surface area contributed by atoms with Crippen molar-refractivity contribution < 1.29 is 9.90 Å². The van der Waals surface area contributed by atoms with Gasteiger partial charge in [0, 0.05) is 29.1 Å². The first kappa shape index (κ1) is 21.6. The number of para-hydroxylation sites is 1. The lowest BCUT2D eigenvalue weighted by Crippen LogP contribution is -2.21. The molecule has 1 heterocycles. The van der Waals surface area contributed by atoms with E-state index >= 15 is 0 Å². The van der Waals surface area contributed by atoms with Gasteiger partial charge in [0.1, 0.15) is 11.4 Å². The highest BCUT2D eigenvalue weighted by atomic mass is 16.3. The van der Waals surface area contributed by atoms with Crippen molar-refractivity contribution in [3.63, 3.8) is 0 Å². The summed E-state index contributed by atoms with van der Waals surface area (Å²) in [6.45, 7) is 12.4. The first-order chi connectivity index (χ1) is 13.9. The van der Waals surface area contributed by atoms with E-state index in [1.54, 1.807) is 6.21 Å². The van der Waals surface area contributed by atoms with Crippen LogP contribution in [-0.4, -0.2) is 21.8 Å². The fourth-order valence-corrected chi connectivity index (χ4v) is 3.60. The maximum atomic E-state index is 12.6. The molecule has 0 spiro atoms. The van der Waals surface area contributed by atoms with E-state index in [4.69, 9.17) is 0 Å². The quantitative estimate of drug-likeness (QED) is 0.462. The largest absolute Gasteiger partial charge is 0.507 e. The van der Waals surface area contributed by atoms with Gasteiger partial charge in [-0.1, -0.05) is 59.7 Å². The Balaban J connectivity index is 1.90. The Hall–Kier alpha value is -3.08. The Labute approximate surface area is 178 Å². The van der Waals surface area contributed by atoms with Crippen molar-refractivity contribution in [1.29, 1.82) is 0 Å². The Morgan fingerprint density at radius 3 is 2.10 bits per heavy atom. The molecule has 0 aliphatic heterocycles. The molecule has 0 saturated heterocycles. The van der Waals surface area contributed by atoms with Crippen molar-refractivity contribution in [3.05, 3.63) is 64.8 Å². The number of aromatic hydroxyl groups is 1. The molecule has 1 amide bonds. The zero-order valence-electron chi connectivity index (χ0n) is 18.9. The van der Waals surface area contributed by atoms with E-state index in [0.717, 1.165) is 27.6 Å². The molecule has 3 rings (SSSR count). The van der Waals surface area contributed by atoms with Gasteiger partial charge in [-0.05, 0) is 40.7 Å². The van der Waals surface area contributed by atoms with E-state index in [2.05, 4.69) is 52.1 Å². The summed E-state index contributed by atoms with van der Waals surface area (Å²) < 4.78 is 1.86. The minimum atomic E-state index is -0.268. The predicted molar refractivity (Wildman–Crippen MR) is 123 cm³/mol. The van der Waals surface area contributed by atoms with Gasteiger partial charge in [0.05, 0.1) is 6.21 Å². The van der Waals surface area contributed by atoms with E-state index in [0.29, 0.717) is 11.4 Å². The number of hydrogen-bond acceptors (Lipinski definition) is 3. The van der Waals surface area contributed by atoms with Crippen molar-refractivity contribution >= 4 is 23.0 Å². The SMILES string of the molecule is Cn1c(C(=O)N/N=C/c2cc(C(C)(C)C)c(O)c(C(C)(C)C)c2)cc2ccccc21. The number of nitrogens with one attached hydrogen (secondary N) is 1. The van der Waals surface area contributed by atoms with Crippen LogP contribution in [0.1, 0.15) is 68.7 Å². The van der Waals surface area contributed by atoms with Crippen LogP contribution in [0, 0.1) is 0 Å². The molecule has 2 aromatic carbocycles. The van der Waals surface area contributed by atoms with Crippen LogP contribution in [0.3, 0.4) is 0 Å². The van der Waals surface area contributed by atoms with Crippen LogP contribution in [0.5, 0.6) is 5.75 Å². The number of fused-ring (bicyclic) bond motifs is 1. The van der Waals surface area contributed by atoms with Gasteiger partial charge in [0.25, 0.3) is 5.91 Å². The maximum absolute atomic E-state index is 12.6. The van der Waals surface area contributed by atoms with Crippen LogP contribution in [0.15, 0.2) is 47.6 Å². The van der Waals surface area contributed by atoms with Crippen LogP contribution in [0.25, 0.3) is 10.9 Å². The molecule has 0 atom stereocenters. The molecule has 0 aliphatic rings. The summed E-state index contributed by atoms with van der Waals surface area (Å²) in [5.41, 5.74) is 6.27. The summed E-state index contributed by atoms with van der Waals surface area (Å²) in [5.74, 6) is 0.0579. The lowest BCUT2D eigenvalue weighted by Gasteiger charge is -2.27. The first-order valence-corrected chi connectivity index (χ1v) is 10.2. The molecule has 5 heteroatoms. The van der Waals surface area contributed by atoms with Gasteiger partial charge in [-0.25, -0.2) is 5.43 Å². The summed E-state index contributed by atoms with van der Waals surface area (Å²) in [4.78, 5) is 12.6. The molecule has 0 radical (unpaired) electrons. The van der Waals surface area contributed by atoms with Gasteiger partial charge in [-0.2, -0.15) is 5.10 Å². The van der Waals surface area contributed by atoms with E-state index in [-0.39, 0.29) is 16.7 Å². The molecule has 0 saturated carbocycles. The third-order valence-corrected chi connectivity index (χ3v) is 5.31. The molecular formula is C25H31N3O2. The molecule has 1 aromatic heterocycles. The van der Waals surface area contributed by atoms with E-state index in [9.17, 15) is 9.90 Å². The highest BCUT2D eigenvalue weighted by Crippen LogP contribution is 2.39. The topological polar surface area (TPSA) is 66.6 Å². The second-order valence-electron chi connectivity index (χ2n) is 9.81. The lowest BCUT2D eigenvalue weighted by atomic mass is 9.78. The first-order valence-electron chi connectivity index (χ1n) is 10.2. The van der Waals surface area contributed by atoms with Gasteiger partial charge in [0.15, 0.2) is 0 Å². The van der Waals surface area contributed by atoms with Crippen LogP contribution < -0.4 is 5.43 Å². The summed E-state index contributed by atoms with van der Waals surface area (Å²) >= 11 is 0. The smallest absolute Gasteiger partial charge is 0.287 e. The average Bonchev–Trinajstić information content (AvgIpc) is 2.98. The van der Waals surface area contributed by atoms with Gasteiger partial charge >= 0.3 is 0 Å². The summed E-state index contributed by atoms with van der Waals surface area (Å²) in [6, 6.07) is 13.6. The molecular weight excluding hydrogens is 374 g/mol. The number of phenols is 1. The standard InChI is InChI=1S/C25H31N3O2/c1-24(2,3)18-12-16(13-19(22(18)29)25(4,5)6)15-26-27-23(30)21-14-17-10-8-9-11-20(17)28(21)7/h8-15,29H,1-7H3,(H,27,30)/b26-15+. The second kappa shape index (κ2) is 7.63. The number of amides is 1. The Morgan fingerprint density at radius 2 is 1.57 bits per heavy atom. The molecule has 0 aliphatic carbocycles. The number of nitrogens with zero attached hydrogens (tertiary/aromatic N) is 2. The number of aromatic nitrogens is 1. The molecule has 30 heavy (non-hydrogen) atoms. The number of benzene rings is 2. The Morgan fingerprint density at radius 1 is 1.00 bits per heavy atom. The number of hydrazone groups is 1. The molecule has 158 valence electrons. The number of rotatable bonds is 3. The van der Waals surface area contributed by atoms with Crippen molar-refractivity contribution in [1.82, 2.24) is 9.99 Å². The van der Waals surface area contributed by atoms with Crippen molar-refractivity contribution in [3.8, 4) is 5.75 Å². The fourth-order valence-electron chi connectivity index (χ4n) is 3.60. The van der Waals surface area contributed by atoms with Gasteiger partial charge < -0.3 is 9.67 Å². The molecule has 0 unspecified atom stereocenters. The minimum absolute atomic E-state index is 0.222. The third kappa shape index (κ3) is 4.25. The van der Waals surface area contributed by atoms with E-state index < -0.39 is 0 Å². The van der Waals surface area contributed by atoms with Crippen LogP contribution in [0.2, 0.25) is 0 Å². The summed E-state index contributed by atoms with van der Waals surface area (Å²) in [5, 5.41) is 16.0. The number of aryl methyl sites for hydroxylation is 1. The summed E-state index contributed by atoms with van der Waals surface area (Å²) in [7, 11) is 1.87. The highest BCUT2D eigenvalue weighted by molar-refractivity contribution is 5.99. The van der Waals surface area contributed by atoms with Crippen molar-refractivity contribution in [2.45, 2.75) is 52.4 Å². The van der Waals surface area contributed by atoms with Crippen LogP contribution >= 0.6 is 0 Å². The van der Waals surface area contributed by atoms with Gasteiger partial charge in [-0.3, -0.25) is 4.79 Å². The minimum Gasteiger partial charge on any atom is -0.507 e. The molecule has 0 fully saturated rings. The average molecular weight is 406 g/mol. The predicted octanol–water partition coefficient (Wildman–Crippen LogP) is 5.24. The van der Waals surface area contributed by atoms with Gasteiger partial charge in [0.2, 0.25) is 0 Å². The molecule has 2 N–H and O–H groups in total. The van der Waals surface area contributed by atoms with E-state index in [1.807, 2.05) is 54.1 Å². The number of phenolic OH excluding ortho intramolecular Hbond substituents is 1. The van der Waals surface area contributed by atoms with Gasteiger partial charge in [-0.15, -0.1) is 0 Å². The Bertz CT molecular complexity index is 1090. The second-order valence-corrected chi connectivity index (χ2v) is 9.81. The number of carbonyl (C=O) groups is 1. The van der Waals surface area contributed by atoms with Crippen molar-refractivity contribution in [2.24, 2.45) is 12.1 Å². The number of carbonyl (C=O) groups excluding carboxylic acids is 1. The van der Waals surface area contributed by atoms with Crippen LogP contribution in [-0.2, 0) is 17.9 Å². The lowest BCUT2D eigenvalue weighted by molar-refractivity contribution is 0.0947. The zero-order valence-corrected chi connectivity index (χ0v) is 18.9. The molecule has 3 aromatic rings. The molecule has 5 nitrogen and oxygen atoms in total. The van der Waals surface area contributed by atoms with Crippen LogP contribution in [0.4, 0.5) is 0 Å². The summed E-state index contributed by atoms with van der Waals surface area (Å²) in [6.07, 6.45) is 1.63. The third-order valence-electron chi connectivity index (χ3n) is 5.31. The Kier molecular flexibility index (Phi) is 5.50. The normalized spacial score (nSPS) is 12.6.